The van der Waals surface area contributed by atoms with Crippen molar-refractivity contribution in [3.63, 3.8) is 0 Å². The molecule has 6 heteroatoms. The van der Waals surface area contributed by atoms with Gasteiger partial charge in [-0.15, -0.1) is 0 Å². The molecule has 0 aromatic carbocycles. The second kappa shape index (κ2) is 51.7. The first-order valence-corrected chi connectivity index (χ1v) is 27.2. The smallest absolute Gasteiger partial charge is 0.305 e. The number of aliphatic hydroxyl groups excluding tert-OH is 2. The van der Waals surface area contributed by atoms with Crippen molar-refractivity contribution in [3.05, 3.63) is 36.5 Å². The van der Waals surface area contributed by atoms with Gasteiger partial charge in [-0.3, -0.25) is 9.59 Å². The summed E-state index contributed by atoms with van der Waals surface area (Å²) < 4.78 is 5.47. The van der Waals surface area contributed by atoms with Crippen LogP contribution in [0.2, 0.25) is 0 Å². The summed E-state index contributed by atoms with van der Waals surface area (Å²) in [4.78, 5) is 24.5. The fourth-order valence-corrected chi connectivity index (χ4v) is 8.19. The van der Waals surface area contributed by atoms with Crippen molar-refractivity contribution in [2.45, 2.75) is 296 Å². The molecule has 0 spiro atoms. The summed E-state index contributed by atoms with van der Waals surface area (Å²) in [7, 11) is 0. The van der Waals surface area contributed by atoms with Crippen LogP contribution < -0.4 is 5.32 Å². The fraction of sp³-hybridized carbons (Fsp3) is 0.857. The molecule has 2 unspecified atom stereocenters. The number of amides is 1. The molecule has 0 aliphatic rings. The summed E-state index contributed by atoms with van der Waals surface area (Å²) in [6.45, 7) is 4.89. The number of aliphatic hydroxyl groups is 2. The van der Waals surface area contributed by atoms with Gasteiger partial charge in [0.2, 0.25) is 5.91 Å². The summed E-state index contributed by atoms with van der Waals surface area (Å²) in [5, 5.41) is 23.1. The van der Waals surface area contributed by atoms with Gasteiger partial charge in [0.05, 0.1) is 25.4 Å². The first kappa shape index (κ1) is 60.1. The molecule has 0 aliphatic heterocycles. The molecule has 0 bridgehead atoms. The minimum absolute atomic E-state index is 0.0100. The third-order valence-corrected chi connectivity index (χ3v) is 12.4. The van der Waals surface area contributed by atoms with Gasteiger partial charge < -0.3 is 20.3 Å². The monoisotopic (exact) mass is 872 g/mol. The number of esters is 1. The predicted molar refractivity (Wildman–Crippen MR) is 269 cm³/mol. The van der Waals surface area contributed by atoms with Crippen LogP contribution in [-0.4, -0.2) is 47.4 Å². The molecule has 0 fully saturated rings. The predicted octanol–water partition coefficient (Wildman–Crippen LogP) is 16.5. The van der Waals surface area contributed by atoms with Crippen LogP contribution in [0.4, 0.5) is 0 Å². The van der Waals surface area contributed by atoms with Crippen LogP contribution in [0.25, 0.3) is 0 Å². The Balaban J connectivity index is 3.45. The highest BCUT2D eigenvalue weighted by Crippen LogP contribution is 2.16. The van der Waals surface area contributed by atoms with E-state index in [2.05, 4.69) is 55.6 Å². The number of allylic oxidation sites excluding steroid dienone is 6. The molecule has 0 aliphatic carbocycles. The molecule has 0 aromatic heterocycles. The lowest BCUT2D eigenvalue weighted by atomic mass is 10.0. The van der Waals surface area contributed by atoms with Gasteiger partial charge in [0.1, 0.15) is 0 Å². The number of unbranched alkanes of at least 4 members (excludes halogenated alkanes) is 33. The molecule has 0 radical (unpaired) electrons. The number of ether oxygens (including phenoxy) is 1. The SMILES string of the molecule is CCCCC/C=C\C/C=C\CCCCCCCCCC(=O)OCCCCCCCC/C=C\CCCCCCCCCC(=O)NC(CO)C(O)CCCCCCCCCCCCC. The van der Waals surface area contributed by atoms with Gasteiger partial charge >= 0.3 is 5.97 Å². The van der Waals surface area contributed by atoms with Crippen molar-refractivity contribution in [2.24, 2.45) is 0 Å². The maximum Gasteiger partial charge on any atom is 0.305 e. The van der Waals surface area contributed by atoms with E-state index >= 15 is 0 Å². The number of nitrogens with one attached hydrogen (secondary N) is 1. The molecule has 0 saturated carbocycles. The molecule has 0 rings (SSSR count). The Morgan fingerprint density at radius 1 is 0.452 bits per heavy atom. The topological polar surface area (TPSA) is 95.9 Å². The quantitative estimate of drug-likeness (QED) is 0.0321. The molecule has 0 saturated heterocycles. The maximum absolute atomic E-state index is 12.4. The van der Waals surface area contributed by atoms with E-state index in [-0.39, 0.29) is 18.5 Å². The molecule has 364 valence electrons. The van der Waals surface area contributed by atoms with E-state index in [1.807, 2.05) is 0 Å². The molecule has 3 N–H and O–H groups in total. The van der Waals surface area contributed by atoms with Gasteiger partial charge in [0, 0.05) is 12.8 Å². The average Bonchev–Trinajstić information content (AvgIpc) is 3.27. The highest BCUT2D eigenvalue weighted by atomic mass is 16.5. The van der Waals surface area contributed by atoms with Crippen LogP contribution in [-0.2, 0) is 14.3 Å². The van der Waals surface area contributed by atoms with Gasteiger partial charge in [-0.25, -0.2) is 0 Å². The fourth-order valence-electron chi connectivity index (χ4n) is 8.19. The summed E-state index contributed by atoms with van der Waals surface area (Å²) >= 11 is 0. The standard InChI is InChI=1S/C56H105NO5/c1-3-5-7-9-11-13-15-16-17-19-23-26-30-34-38-42-46-50-56(61)62-51-47-43-39-35-31-27-24-21-18-20-22-25-29-33-37-41-45-49-55(60)57-53(52-58)54(59)48-44-40-36-32-28-14-12-10-8-6-4-2/h11,13,16-18,21,53-54,58-59H,3-10,12,14-15,19-20,22-52H2,1-2H3,(H,57,60)/b13-11-,17-16-,21-18-. The number of hydrogen-bond acceptors (Lipinski definition) is 5. The number of carbonyl (C=O) groups is 2. The largest absolute Gasteiger partial charge is 0.466 e. The minimum Gasteiger partial charge on any atom is -0.466 e. The Morgan fingerprint density at radius 2 is 0.806 bits per heavy atom. The minimum atomic E-state index is -0.671. The zero-order valence-electron chi connectivity index (χ0n) is 41.4. The lowest BCUT2D eigenvalue weighted by Gasteiger charge is -2.22. The Hall–Kier alpha value is -1.92. The third-order valence-electron chi connectivity index (χ3n) is 12.4. The summed E-state index contributed by atoms with van der Waals surface area (Å²) in [5.74, 6) is -0.0589. The summed E-state index contributed by atoms with van der Waals surface area (Å²) in [6, 6.07) is -0.549. The number of carbonyl (C=O) groups excluding carboxylic acids is 2. The van der Waals surface area contributed by atoms with Crippen molar-refractivity contribution < 1.29 is 24.5 Å². The van der Waals surface area contributed by atoms with E-state index in [0.717, 1.165) is 64.2 Å². The molecule has 0 heterocycles. The zero-order chi connectivity index (χ0) is 45.1. The summed E-state index contributed by atoms with van der Waals surface area (Å²) in [5.41, 5.74) is 0. The molecule has 62 heavy (non-hydrogen) atoms. The second-order valence-corrected chi connectivity index (χ2v) is 18.6. The first-order chi connectivity index (χ1) is 30.5. The van der Waals surface area contributed by atoms with E-state index in [1.165, 1.54) is 186 Å². The van der Waals surface area contributed by atoms with E-state index in [1.54, 1.807) is 0 Å². The van der Waals surface area contributed by atoms with Gasteiger partial charge in [0.25, 0.3) is 0 Å². The van der Waals surface area contributed by atoms with Gasteiger partial charge in [-0.2, -0.15) is 0 Å². The molecule has 1 amide bonds. The van der Waals surface area contributed by atoms with Crippen LogP contribution in [0, 0.1) is 0 Å². The highest BCUT2D eigenvalue weighted by molar-refractivity contribution is 5.76. The van der Waals surface area contributed by atoms with Gasteiger partial charge in [-0.1, -0.05) is 224 Å². The molecule has 0 aromatic rings. The molecule has 2 atom stereocenters. The zero-order valence-corrected chi connectivity index (χ0v) is 41.4. The molecule has 6 nitrogen and oxygen atoms in total. The van der Waals surface area contributed by atoms with Crippen molar-refractivity contribution in [1.82, 2.24) is 5.32 Å². The van der Waals surface area contributed by atoms with Crippen LogP contribution >= 0.6 is 0 Å². The number of hydrogen-bond donors (Lipinski definition) is 3. The van der Waals surface area contributed by atoms with E-state index in [4.69, 9.17) is 4.74 Å². The Labute approximate surface area is 385 Å². The third kappa shape index (κ3) is 47.6. The van der Waals surface area contributed by atoms with E-state index in [0.29, 0.717) is 25.9 Å². The Bertz CT molecular complexity index is 1010. The first-order valence-electron chi connectivity index (χ1n) is 27.2. The lowest BCUT2D eigenvalue weighted by molar-refractivity contribution is -0.143. The van der Waals surface area contributed by atoms with Crippen LogP contribution in [0.15, 0.2) is 36.5 Å². The van der Waals surface area contributed by atoms with Crippen LogP contribution in [0.5, 0.6) is 0 Å². The Morgan fingerprint density at radius 3 is 1.27 bits per heavy atom. The van der Waals surface area contributed by atoms with Crippen molar-refractivity contribution >= 4 is 11.9 Å². The van der Waals surface area contributed by atoms with Gasteiger partial charge in [-0.05, 0) is 83.5 Å². The van der Waals surface area contributed by atoms with Crippen molar-refractivity contribution in [2.75, 3.05) is 13.2 Å². The van der Waals surface area contributed by atoms with Crippen molar-refractivity contribution in [1.29, 1.82) is 0 Å². The van der Waals surface area contributed by atoms with E-state index in [9.17, 15) is 19.8 Å². The van der Waals surface area contributed by atoms with Crippen LogP contribution in [0.1, 0.15) is 284 Å². The number of rotatable bonds is 50. The van der Waals surface area contributed by atoms with Crippen LogP contribution in [0.3, 0.4) is 0 Å². The Kier molecular flexibility index (Phi) is 50.1. The maximum atomic E-state index is 12.4. The highest BCUT2D eigenvalue weighted by Gasteiger charge is 2.20. The molecular weight excluding hydrogens is 767 g/mol. The van der Waals surface area contributed by atoms with Crippen molar-refractivity contribution in [3.8, 4) is 0 Å². The second-order valence-electron chi connectivity index (χ2n) is 18.6. The normalized spacial score (nSPS) is 12.9. The lowest BCUT2D eigenvalue weighted by Crippen LogP contribution is -2.45. The van der Waals surface area contributed by atoms with E-state index < -0.39 is 12.1 Å². The summed E-state index contributed by atoms with van der Waals surface area (Å²) in [6.07, 6.45) is 62.6. The average molecular weight is 872 g/mol. The molecular formula is C56H105NO5. The van der Waals surface area contributed by atoms with Gasteiger partial charge in [0.15, 0.2) is 0 Å².